The molecule has 0 unspecified atom stereocenters. The normalized spacial score (nSPS) is 10.2. The average Bonchev–Trinajstić information content (AvgIpc) is 2.47. The molecule has 0 aliphatic carbocycles. The van der Waals surface area contributed by atoms with Gasteiger partial charge in [-0.05, 0) is 11.1 Å². The second-order valence-corrected chi connectivity index (χ2v) is 4.27. The van der Waals surface area contributed by atoms with Crippen LogP contribution in [0.5, 0.6) is 0 Å². The number of aliphatic hydroxyl groups is 1. The third kappa shape index (κ3) is 4.15. The van der Waals surface area contributed by atoms with Crippen molar-refractivity contribution >= 4 is 11.9 Å². The molecule has 2 aromatic rings. The van der Waals surface area contributed by atoms with E-state index in [4.69, 9.17) is 9.90 Å². The zero-order valence-corrected chi connectivity index (χ0v) is 11.4. The number of hydrogen-bond donors (Lipinski definition) is 3. The van der Waals surface area contributed by atoms with Crippen LogP contribution < -0.4 is 0 Å². The maximum atomic E-state index is 11.4. The number of carbonyl (C=O) groups is 2. The van der Waals surface area contributed by atoms with Crippen LogP contribution in [0.3, 0.4) is 0 Å². The maximum Gasteiger partial charge on any atom is 0.345 e. The Labute approximate surface area is 122 Å². The molecular weight excluding hydrogens is 272 g/mol. The summed E-state index contributed by atoms with van der Waals surface area (Å²) in [7, 11) is 0. The van der Waals surface area contributed by atoms with E-state index in [1.165, 1.54) is 0 Å². The number of aliphatic carboxylic acids is 2. The molecule has 0 fully saturated rings. The second-order valence-electron chi connectivity index (χ2n) is 4.27. The van der Waals surface area contributed by atoms with Crippen molar-refractivity contribution in [2.75, 3.05) is 0 Å². The fourth-order valence-electron chi connectivity index (χ4n) is 1.77. The summed E-state index contributed by atoms with van der Waals surface area (Å²) in [6, 6.07) is 16.7. The van der Waals surface area contributed by atoms with Crippen molar-refractivity contribution in [1.82, 2.24) is 0 Å². The lowest BCUT2D eigenvalue weighted by Gasteiger charge is -2.24. The number of rotatable bonds is 3. The molecule has 0 aromatic heterocycles. The van der Waals surface area contributed by atoms with Crippen molar-refractivity contribution < 1.29 is 24.9 Å². The van der Waals surface area contributed by atoms with E-state index in [1.54, 1.807) is 60.7 Å². The highest BCUT2D eigenvalue weighted by molar-refractivity contribution is 5.83. The third-order valence-corrected chi connectivity index (χ3v) is 2.69. The van der Waals surface area contributed by atoms with Gasteiger partial charge in [-0.1, -0.05) is 60.7 Å². The molecule has 3 N–H and O–H groups in total. The largest absolute Gasteiger partial charge is 0.481 e. The lowest BCUT2D eigenvalue weighted by molar-refractivity contribution is -0.155. The summed E-state index contributed by atoms with van der Waals surface area (Å²) < 4.78 is 0. The Morgan fingerprint density at radius 3 is 1.33 bits per heavy atom. The first kappa shape index (κ1) is 16.4. The van der Waals surface area contributed by atoms with Crippen LogP contribution in [0.1, 0.15) is 18.1 Å². The van der Waals surface area contributed by atoms with E-state index in [-0.39, 0.29) is 0 Å². The van der Waals surface area contributed by atoms with Gasteiger partial charge >= 0.3 is 5.97 Å². The van der Waals surface area contributed by atoms with Crippen molar-refractivity contribution in [3.63, 3.8) is 0 Å². The SMILES string of the molecule is CC(=O)O.O=C(O)C(O)(c1ccccc1)c1ccccc1. The first-order valence-electron chi connectivity index (χ1n) is 6.15. The third-order valence-electron chi connectivity index (χ3n) is 2.69. The Bertz CT molecular complexity index is 549. The molecule has 0 atom stereocenters. The number of benzene rings is 2. The summed E-state index contributed by atoms with van der Waals surface area (Å²) in [5, 5.41) is 27.1. The van der Waals surface area contributed by atoms with Crippen LogP contribution >= 0.6 is 0 Å². The van der Waals surface area contributed by atoms with Crippen LogP contribution in [0.25, 0.3) is 0 Å². The molecule has 2 rings (SSSR count). The first-order valence-corrected chi connectivity index (χ1v) is 6.15. The molecule has 0 aliphatic rings. The molecule has 2 aromatic carbocycles. The molecule has 0 saturated heterocycles. The van der Waals surface area contributed by atoms with Gasteiger partial charge in [-0.15, -0.1) is 0 Å². The highest BCUT2D eigenvalue weighted by Crippen LogP contribution is 2.29. The molecule has 0 radical (unpaired) electrons. The molecule has 5 heteroatoms. The van der Waals surface area contributed by atoms with E-state index in [1.807, 2.05) is 0 Å². The molecule has 0 saturated carbocycles. The zero-order chi connectivity index (χ0) is 15.9. The van der Waals surface area contributed by atoms with Crippen molar-refractivity contribution in [3.05, 3.63) is 71.8 Å². The van der Waals surface area contributed by atoms with E-state index in [9.17, 15) is 15.0 Å². The molecule has 5 nitrogen and oxygen atoms in total. The zero-order valence-electron chi connectivity index (χ0n) is 11.4. The van der Waals surface area contributed by atoms with E-state index >= 15 is 0 Å². The van der Waals surface area contributed by atoms with Crippen molar-refractivity contribution in [2.45, 2.75) is 12.5 Å². The lowest BCUT2D eigenvalue weighted by atomic mass is 9.86. The van der Waals surface area contributed by atoms with Crippen molar-refractivity contribution in [3.8, 4) is 0 Å². The predicted molar refractivity (Wildman–Crippen MR) is 76.8 cm³/mol. The van der Waals surface area contributed by atoms with Gasteiger partial charge in [0, 0.05) is 6.92 Å². The fraction of sp³-hybridized carbons (Fsp3) is 0.125. The van der Waals surface area contributed by atoms with Gasteiger partial charge in [-0.2, -0.15) is 0 Å². The van der Waals surface area contributed by atoms with Gasteiger partial charge in [0.2, 0.25) is 5.60 Å². The number of carboxylic acid groups (broad SMARTS) is 2. The van der Waals surface area contributed by atoms with E-state index in [0.717, 1.165) is 6.92 Å². The van der Waals surface area contributed by atoms with Crippen LogP contribution in [-0.4, -0.2) is 27.3 Å². The minimum Gasteiger partial charge on any atom is -0.481 e. The Morgan fingerprint density at radius 2 is 1.10 bits per heavy atom. The highest BCUT2D eigenvalue weighted by atomic mass is 16.4. The minimum atomic E-state index is -2.00. The molecule has 110 valence electrons. The van der Waals surface area contributed by atoms with E-state index < -0.39 is 17.5 Å². The minimum absolute atomic E-state index is 0.346. The van der Waals surface area contributed by atoms with Crippen LogP contribution in [0.4, 0.5) is 0 Å². The summed E-state index contributed by atoms with van der Waals surface area (Å²) >= 11 is 0. The molecule has 21 heavy (non-hydrogen) atoms. The fourth-order valence-corrected chi connectivity index (χ4v) is 1.77. The number of hydrogen-bond acceptors (Lipinski definition) is 3. The van der Waals surface area contributed by atoms with Gasteiger partial charge in [0.1, 0.15) is 0 Å². The van der Waals surface area contributed by atoms with Crippen LogP contribution in [0.15, 0.2) is 60.7 Å². The molecule has 0 spiro atoms. The van der Waals surface area contributed by atoms with Crippen LogP contribution in [0.2, 0.25) is 0 Å². The van der Waals surface area contributed by atoms with Gasteiger partial charge in [0.05, 0.1) is 0 Å². The molecule has 0 amide bonds. The lowest BCUT2D eigenvalue weighted by Crippen LogP contribution is -2.36. The van der Waals surface area contributed by atoms with Gasteiger partial charge in [-0.25, -0.2) is 4.79 Å². The topological polar surface area (TPSA) is 94.8 Å². The van der Waals surface area contributed by atoms with Crippen LogP contribution in [-0.2, 0) is 15.2 Å². The summed E-state index contributed by atoms with van der Waals surface area (Å²) in [5.74, 6) is -2.12. The van der Waals surface area contributed by atoms with Gasteiger partial charge in [-0.3, -0.25) is 4.79 Å². The van der Waals surface area contributed by atoms with Gasteiger partial charge in [0.15, 0.2) is 0 Å². The summed E-state index contributed by atoms with van der Waals surface area (Å²) in [5.41, 5.74) is -1.31. The maximum absolute atomic E-state index is 11.4. The van der Waals surface area contributed by atoms with Gasteiger partial charge < -0.3 is 15.3 Å². The second kappa shape index (κ2) is 7.21. The van der Waals surface area contributed by atoms with Crippen molar-refractivity contribution in [1.29, 1.82) is 0 Å². The van der Waals surface area contributed by atoms with Crippen molar-refractivity contribution in [2.24, 2.45) is 0 Å². The highest BCUT2D eigenvalue weighted by Gasteiger charge is 2.39. The molecule has 0 bridgehead atoms. The molecule has 0 heterocycles. The van der Waals surface area contributed by atoms with Gasteiger partial charge in [0.25, 0.3) is 5.97 Å². The Balaban J connectivity index is 0.000000491. The van der Waals surface area contributed by atoms with Crippen LogP contribution in [0, 0.1) is 0 Å². The standard InChI is InChI=1S/C14H12O3.C2H4O2/c15-13(16)14(17,11-7-3-1-4-8-11)12-9-5-2-6-10-12;1-2(3)4/h1-10,17H,(H,15,16);1H3,(H,3,4). The number of carboxylic acids is 2. The summed E-state index contributed by atoms with van der Waals surface area (Å²) in [4.78, 5) is 20.4. The monoisotopic (exact) mass is 288 g/mol. The smallest absolute Gasteiger partial charge is 0.345 e. The Hall–Kier alpha value is -2.66. The average molecular weight is 288 g/mol. The molecule has 0 aliphatic heterocycles. The van der Waals surface area contributed by atoms with E-state index in [2.05, 4.69) is 0 Å². The summed E-state index contributed by atoms with van der Waals surface area (Å²) in [6.45, 7) is 1.08. The first-order chi connectivity index (χ1) is 9.89. The molecular formula is C16H16O5. The van der Waals surface area contributed by atoms with E-state index in [0.29, 0.717) is 11.1 Å². The quantitative estimate of drug-likeness (QED) is 0.804. The Morgan fingerprint density at radius 1 is 0.810 bits per heavy atom. The Kier molecular flexibility index (Phi) is 5.63. The predicted octanol–water partition coefficient (Wildman–Crippen LogP) is 2.10. The summed E-state index contributed by atoms with van der Waals surface area (Å²) in [6.07, 6.45) is 0.